The van der Waals surface area contributed by atoms with Crippen molar-refractivity contribution in [3.63, 3.8) is 0 Å². The fourth-order valence-corrected chi connectivity index (χ4v) is 4.19. The van der Waals surface area contributed by atoms with Crippen LogP contribution in [-0.4, -0.2) is 47.2 Å². The quantitative estimate of drug-likeness (QED) is 0.792. The molecule has 3 unspecified atom stereocenters. The molecule has 2 rings (SSSR count). The molecular weight excluding hydrogens is 248 g/mol. The molecule has 2 N–H and O–H groups in total. The number of carbonyl (C=O) groups excluding carboxylic acids is 1. The molecule has 18 heavy (non-hydrogen) atoms. The molecule has 104 valence electrons. The van der Waals surface area contributed by atoms with Gasteiger partial charge in [0.25, 0.3) is 0 Å². The maximum atomic E-state index is 12.2. The highest BCUT2D eigenvalue weighted by atomic mass is 32.2. The summed E-state index contributed by atoms with van der Waals surface area (Å²) in [7, 11) is 0. The van der Waals surface area contributed by atoms with Crippen LogP contribution in [0, 0.1) is 11.8 Å². The molecule has 0 aliphatic carbocycles. The normalized spacial score (nSPS) is 32.2. The van der Waals surface area contributed by atoms with Gasteiger partial charge in [-0.2, -0.15) is 11.8 Å². The SMILES string of the molecule is CC(C)(C)OC(=O)N1CC(CN)C2CCSCC21. The fraction of sp³-hybridized carbons (Fsp3) is 0.923. The highest BCUT2D eigenvalue weighted by molar-refractivity contribution is 7.99. The first-order valence-electron chi connectivity index (χ1n) is 6.70. The molecule has 0 aromatic heterocycles. The predicted molar refractivity (Wildman–Crippen MR) is 74.7 cm³/mol. The summed E-state index contributed by atoms with van der Waals surface area (Å²) >= 11 is 1.93. The van der Waals surface area contributed by atoms with Crippen LogP contribution in [0.25, 0.3) is 0 Å². The van der Waals surface area contributed by atoms with Crippen LogP contribution in [0.4, 0.5) is 4.79 Å². The van der Waals surface area contributed by atoms with E-state index in [-0.39, 0.29) is 6.09 Å². The van der Waals surface area contributed by atoms with Gasteiger partial charge in [-0.05, 0) is 51.3 Å². The van der Waals surface area contributed by atoms with Crippen molar-refractivity contribution in [2.75, 3.05) is 24.6 Å². The van der Waals surface area contributed by atoms with Gasteiger partial charge in [-0.15, -0.1) is 0 Å². The minimum atomic E-state index is -0.421. The molecule has 0 bridgehead atoms. The Morgan fingerprint density at radius 1 is 1.50 bits per heavy atom. The molecule has 2 aliphatic heterocycles. The summed E-state index contributed by atoms with van der Waals surface area (Å²) in [6, 6.07) is 0.326. The van der Waals surface area contributed by atoms with Gasteiger partial charge in [0.05, 0.1) is 0 Å². The maximum Gasteiger partial charge on any atom is 0.410 e. The van der Waals surface area contributed by atoms with Crippen molar-refractivity contribution in [1.82, 2.24) is 4.90 Å². The van der Waals surface area contributed by atoms with E-state index in [4.69, 9.17) is 10.5 Å². The number of nitrogens with zero attached hydrogens (tertiary/aromatic N) is 1. The average molecular weight is 272 g/mol. The van der Waals surface area contributed by atoms with Crippen LogP contribution in [-0.2, 0) is 4.74 Å². The second-order valence-electron chi connectivity index (χ2n) is 6.22. The Morgan fingerprint density at radius 2 is 2.22 bits per heavy atom. The summed E-state index contributed by atoms with van der Waals surface area (Å²) in [4.78, 5) is 14.1. The minimum absolute atomic E-state index is 0.170. The number of nitrogens with two attached hydrogens (primary N) is 1. The Labute approximate surface area is 114 Å². The topological polar surface area (TPSA) is 55.6 Å². The predicted octanol–water partition coefficient (Wildman–Crippen LogP) is 1.93. The third-order valence-corrected chi connectivity index (χ3v) is 4.85. The maximum absolute atomic E-state index is 12.2. The smallest absolute Gasteiger partial charge is 0.410 e. The van der Waals surface area contributed by atoms with Gasteiger partial charge < -0.3 is 15.4 Å². The van der Waals surface area contributed by atoms with Crippen LogP contribution >= 0.6 is 11.8 Å². The molecule has 0 radical (unpaired) electrons. The number of carbonyl (C=O) groups is 1. The highest BCUT2D eigenvalue weighted by Gasteiger charge is 2.45. The van der Waals surface area contributed by atoms with E-state index >= 15 is 0 Å². The Kier molecular flexibility index (Phi) is 4.11. The Bertz CT molecular complexity index is 317. The highest BCUT2D eigenvalue weighted by Crippen LogP contribution is 2.38. The van der Waals surface area contributed by atoms with Crippen LogP contribution in [0.3, 0.4) is 0 Å². The summed E-state index contributed by atoms with van der Waals surface area (Å²) in [5, 5.41) is 0. The van der Waals surface area contributed by atoms with Crippen LogP contribution < -0.4 is 5.73 Å². The molecule has 0 spiro atoms. The molecule has 2 fully saturated rings. The average Bonchev–Trinajstić information content (AvgIpc) is 2.65. The van der Waals surface area contributed by atoms with E-state index < -0.39 is 5.60 Å². The Morgan fingerprint density at radius 3 is 2.83 bits per heavy atom. The summed E-state index contributed by atoms with van der Waals surface area (Å²) in [5.74, 6) is 3.24. The zero-order valence-electron chi connectivity index (χ0n) is 11.5. The van der Waals surface area contributed by atoms with Crippen molar-refractivity contribution >= 4 is 17.9 Å². The number of thioether (sulfide) groups is 1. The number of amides is 1. The van der Waals surface area contributed by atoms with Crippen molar-refractivity contribution in [2.24, 2.45) is 17.6 Å². The second-order valence-corrected chi connectivity index (χ2v) is 7.37. The van der Waals surface area contributed by atoms with Gasteiger partial charge in [-0.25, -0.2) is 4.79 Å². The molecule has 3 atom stereocenters. The molecule has 0 saturated carbocycles. The lowest BCUT2D eigenvalue weighted by molar-refractivity contribution is 0.0222. The molecule has 4 nitrogen and oxygen atoms in total. The van der Waals surface area contributed by atoms with Gasteiger partial charge in [-0.3, -0.25) is 0 Å². The monoisotopic (exact) mass is 272 g/mol. The van der Waals surface area contributed by atoms with E-state index in [9.17, 15) is 4.79 Å². The third kappa shape index (κ3) is 2.94. The Balaban J connectivity index is 2.06. The van der Waals surface area contributed by atoms with E-state index in [0.717, 1.165) is 12.3 Å². The van der Waals surface area contributed by atoms with Crippen LogP contribution in [0.2, 0.25) is 0 Å². The lowest BCUT2D eigenvalue weighted by atomic mass is 9.89. The summed E-state index contributed by atoms with van der Waals surface area (Å²) in [5.41, 5.74) is 5.42. The molecule has 0 aromatic carbocycles. The molecule has 0 aromatic rings. The molecule has 5 heteroatoms. The van der Waals surface area contributed by atoms with E-state index in [1.807, 2.05) is 37.4 Å². The van der Waals surface area contributed by atoms with Gasteiger partial charge in [0, 0.05) is 18.3 Å². The van der Waals surface area contributed by atoms with Gasteiger partial charge in [-0.1, -0.05) is 0 Å². The summed E-state index contributed by atoms with van der Waals surface area (Å²) < 4.78 is 5.50. The van der Waals surface area contributed by atoms with Crippen molar-refractivity contribution in [1.29, 1.82) is 0 Å². The lowest BCUT2D eigenvalue weighted by Gasteiger charge is -2.33. The largest absolute Gasteiger partial charge is 0.444 e. The molecular formula is C13H24N2O2S. The number of hydrogen-bond acceptors (Lipinski definition) is 4. The molecule has 2 heterocycles. The Hall–Kier alpha value is -0.420. The zero-order valence-corrected chi connectivity index (χ0v) is 12.3. The van der Waals surface area contributed by atoms with Gasteiger partial charge in [0.1, 0.15) is 5.60 Å². The number of fused-ring (bicyclic) bond motifs is 1. The number of likely N-dealkylation sites (tertiary alicyclic amines) is 1. The van der Waals surface area contributed by atoms with E-state index in [1.165, 1.54) is 12.2 Å². The van der Waals surface area contributed by atoms with Crippen molar-refractivity contribution in [2.45, 2.75) is 38.8 Å². The zero-order chi connectivity index (χ0) is 13.3. The van der Waals surface area contributed by atoms with Crippen LogP contribution in [0.5, 0.6) is 0 Å². The van der Waals surface area contributed by atoms with Gasteiger partial charge >= 0.3 is 6.09 Å². The number of ether oxygens (including phenoxy) is 1. The summed E-state index contributed by atoms with van der Waals surface area (Å²) in [6.45, 7) is 7.17. The van der Waals surface area contributed by atoms with Crippen molar-refractivity contribution in [3.05, 3.63) is 0 Å². The first-order valence-corrected chi connectivity index (χ1v) is 7.85. The van der Waals surface area contributed by atoms with E-state index in [1.54, 1.807) is 0 Å². The fourth-order valence-electron chi connectivity index (χ4n) is 2.91. The first kappa shape index (κ1) is 14.0. The van der Waals surface area contributed by atoms with Crippen molar-refractivity contribution in [3.8, 4) is 0 Å². The standard InChI is InChI=1S/C13H24N2O2S/c1-13(2,3)17-12(16)15-7-9(6-14)10-4-5-18-8-11(10)15/h9-11H,4-8,14H2,1-3H3. The molecule has 1 amide bonds. The second kappa shape index (κ2) is 5.29. The van der Waals surface area contributed by atoms with E-state index in [2.05, 4.69) is 0 Å². The summed E-state index contributed by atoms with van der Waals surface area (Å²) in [6.07, 6.45) is 1.01. The third-order valence-electron chi connectivity index (χ3n) is 3.75. The van der Waals surface area contributed by atoms with Crippen LogP contribution in [0.1, 0.15) is 27.2 Å². The first-order chi connectivity index (χ1) is 8.42. The van der Waals surface area contributed by atoms with Crippen LogP contribution in [0.15, 0.2) is 0 Å². The van der Waals surface area contributed by atoms with E-state index in [0.29, 0.717) is 24.4 Å². The molecule has 2 aliphatic rings. The minimum Gasteiger partial charge on any atom is -0.444 e. The van der Waals surface area contributed by atoms with Gasteiger partial charge in [0.15, 0.2) is 0 Å². The number of rotatable bonds is 1. The van der Waals surface area contributed by atoms with Crippen molar-refractivity contribution < 1.29 is 9.53 Å². The number of hydrogen-bond donors (Lipinski definition) is 1. The molecule has 2 saturated heterocycles. The van der Waals surface area contributed by atoms with Gasteiger partial charge in [0.2, 0.25) is 0 Å². The lowest BCUT2D eigenvalue weighted by Crippen LogP contribution is -2.43.